The number of nitrogens with zero attached hydrogens (tertiary/aromatic N) is 4. The highest BCUT2D eigenvalue weighted by molar-refractivity contribution is 6.02. The molecular formula is C14H18Cl2N6O. The van der Waals surface area contributed by atoms with Crippen LogP contribution in [0.25, 0.3) is 0 Å². The maximum absolute atomic E-state index is 12.0. The average molecular weight is 357 g/mol. The Bertz CT molecular complexity index is 629. The molecule has 124 valence electrons. The van der Waals surface area contributed by atoms with Gasteiger partial charge in [-0.2, -0.15) is 0 Å². The number of amides is 1. The monoisotopic (exact) mass is 356 g/mol. The first-order chi connectivity index (χ1) is 10.2. The third-order valence-electron chi connectivity index (χ3n) is 3.36. The van der Waals surface area contributed by atoms with Gasteiger partial charge in [-0.3, -0.25) is 4.79 Å². The summed E-state index contributed by atoms with van der Waals surface area (Å²) in [6.45, 7) is 1.99. The van der Waals surface area contributed by atoms with Gasteiger partial charge in [-0.05, 0) is 37.1 Å². The Morgan fingerprint density at radius 3 is 2.39 bits per heavy atom. The molecule has 1 aliphatic rings. The second-order valence-corrected chi connectivity index (χ2v) is 4.90. The van der Waals surface area contributed by atoms with Gasteiger partial charge in [-0.1, -0.05) is 0 Å². The number of nitrogens with two attached hydrogens (primary N) is 1. The maximum atomic E-state index is 12.0. The normalized spacial score (nSPS) is 13.0. The summed E-state index contributed by atoms with van der Waals surface area (Å²) in [6.07, 6.45) is 3.85. The number of nitrogen functional groups attached to an aromatic ring is 1. The minimum Gasteiger partial charge on any atom is -0.384 e. The van der Waals surface area contributed by atoms with Crippen LogP contribution in [0.1, 0.15) is 23.3 Å². The van der Waals surface area contributed by atoms with Gasteiger partial charge < -0.3 is 16.0 Å². The molecule has 0 aliphatic carbocycles. The molecule has 1 saturated heterocycles. The van der Waals surface area contributed by atoms with E-state index in [0.29, 0.717) is 11.5 Å². The predicted octanol–water partition coefficient (Wildman–Crippen LogP) is 2.15. The molecule has 0 bridgehead atoms. The summed E-state index contributed by atoms with van der Waals surface area (Å²) in [5.41, 5.74) is 6.34. The van der Waals surface area contributed by atoms with Crippen molar-refractivity contribution in [3.63, 3.8) is 0 Å². The van der Waals surface area contributed by atoms with Crippen LogP contribution in [0.2, 0.25) is 0 Å². The molecule has 0 spiro atoms. The fourth-order valence-corrected chi connectivity index (χ4v) is 2.24. The third kappa shape index (κ3) is 4.67. The highest BCUT2D eigenvalue weighted by Crippen LogP contribution is 2.17. The molecule has 1 aliphatic heterocycles. The minimum atomic E-state index is -0.318. The summed E-state index contributed by atoms with van der Waals surface area (Å²) in [7, 11) is 0. The molecule has 0 atom stereocenters. The van der Waals surface area contributed by atoms with E-state index in [1.54, 1.807) is 18.2 Å². The Morgan fingerprint density at radius 2 is 1.83 bits per heavy atom. The molecule has 2 aromatic rings. The van der Waals surface area contributed by atoms with Crippen LogP contribution in [0.15, 0.2) is 30.5 Å². The summed E-state index contributed by atoms with van der Waals surface area (Å²) >= 11 is 0. The summed E-state index contributed by atoms with van der Waals surface area (Å²) in [6, 6.07) is 6.82. The average Bonchev–Trinajstić information content (AvgIpc) is 3.04. The Hall–Kier alpha value is -2.12. The zero-order chi connectivity index (χ0) is 14.7. The quantitative estimate of drug-likeness (QED) is 0.874. The van der Waals surface area contributed by atoms with Crippen molar-refractivity contribution in [2.45, 2.75) is 12.8 Å². The van der Waals surface area contributed by atoms with Crippen molar-refractivity contribution >= 4 is 48.0 Å². The molecule has 23 heavy (non-hydrogen) atoms. The lowest BCUT2D eigenvalue weighted by Crippen LogP contribution is -2.21. The van der Waals surface area contributed by atoms with Crippen LogP contribution in [0.5, 0.6) is 0 Å². The third-order valence-corrected chi connectivity index (χ3v) is 3.36. The lowest BCUT2D eigenvalue weighted by Gasteiger charge is -2.15. The van der Waals surface area contributed by atoms with Gasteiger partial charge in [0.05, 0.1) is 11.9 Å². The van der Waals surface area contributed by atoms with Crippen molar-refractivity contribution in [3.05, 3.63) is 36.2 Å². The van der Waals surface area contributed by atoms with E-state index in [9.17, 15) is 4.79 Å². The largest absolute Gasteiger partial charge is 0.384 e. The fourth-order valence-electron chi connectivity index (χ4n) is 2.24. The topological polar surface area (TPSA) is 97.0 Å². The van der Waals surface area contributed by atoms with E-state index in [0.717, 1.165) is 18.9 Å². The van der Waals surface area contributed by atoms with E-state index in [2.05, 4.69) is 25.4 Å². The lowest BCUT2D eigenvalue weighted by atomic mass is 10.3. The van der Waals surface area contributed by atoms with Crippen LogP contribution in [0, 0.1) is 0 Å². The van der Waals surface area contributed by atoms with E-state index in [1.165, 1.54) is 19.0 Å². The zero-order valence-corrected chi connectivity index (χ0v) is 13.9. The van der Waals surface area contributed by atoms with Gasteiger partial charge in [-0.25, -0.2) is 4.98 Å². The fraction of sp³-hybridized carbons (Fsp3) is 0.286. The van der Waals surface area contributed by atoms with Gasteiger partial charge in [0, 0.05) is 13.1 Å². The van der Waals surface area contributed by atoms with Crippen LogP contribution in [-0.4, -0.2) is 34.2 Å². The van der Waals surface area contributed by atoms with E-state index in [4.69, 9.17) is 5.73 Å². The first-order valence-corrected chi connectivity index (χ1v) is 6.84. The molecule has 0 aromatic carbocycles. The SMILES string of the molecule is Cl.Cl.Nc1ccc(NC(=O)c2ccc(N3CCCC3)nn2)cn1. The predicted molar refractivity (Wildman–Crippen MR) is 94.6 cm³/mol. The molecule has 0 unspecified atom stereocenters. The van der Waals surface area contributed by atoms with Crippen LogP contribution < -0.4 is 16.0 Å². The molecule has 3 N–H and O–H groups in total. The van der Waals surface area contributed by atoms with Crippen molar-refractivity contribution in [1.82, 2.24) is 15.2 Å². The van der Waals surface area contributed by atoms with Gasteiger partial charge >= 0.3 is 0 Å². The van der Waals surface area contributed by atoms with Crippen molar-refractivity contribution in [2.24, 2.45) is 0 Å². The van der Waals surface area contributed by atoms with Gasteiger partial charge in [-0.15, -0.1) is 35.0 Å². The Balaban J connectivity index is 0.00000132. The number of rotatable bonds is 3. The van der Waals surface area contributed by atoms with Gasteiger partial charge in [0.25, 0.3) is 5.91 Å². The zero-order valence-electron chi connectivity index (χ0n) is 12.3. The highest BCUT2D eigenvalue weighted by atomic mass is 35.5. The molecule has 9 heteroatoms. The summed E-state index contributed by atoms with van der Waals surface area (Å²) in [5, 5.41) is 10.8. The number of hydrogen-bond donors (Lipinski definition) is 2. The summed E-state index contributed by atoms with van der Waals surface area (Å²) in [4.78, 5) is 18.1. The molecule has 1 fully saturated rings. The molecule has 3 rings (SSSR count). The smallest absolute Gasteiger partial charge is 0.276 e. The summed E-state index contributed by atoms with van der Waals surface area (Å²) < 4.78 is 0. The number of halogens is 2. The van der Waals surface area contributed by atoms with Gasteiger partial charge in [0.15, 0.2) is 11.5 Å². The molecule has 0 radical (unpaired) electrons. The van der Waals surface area contributed by atoms with Gasteiger partial charge in [0.1, 0.15) is 5.82 Å². The van der Waals surface area contributed by atoms with Crippen LogP contribution in [0.4, 0.5) is 17.3 Å². The molecule has 2 aromatic heterocycles. The van der Waals surface area contributed by atoms with Gasteiger partial charge in [0.2, 0.25) is 0 Å². The highest BCUT2D eigenvalue weighted by Gasteiger charge is 2.15. The Labute approximate surface area is 146 Å². The van der Waals surface area contributed by atoms with Crippen molar-refractivity contribution in [3.8, 4) is 0 Å². The maximum Gasteiger partial charge on any atom is 0.276 e. The second kappa shape index (κ2) is 8.50. The Kier molecular flexibility index (Phi) is 6.99. The van der Waals surface area contributed by atoms with Crippen molar-refractivity contribution < 1.29 is 4.79 Å². The number of carbonyl (C=O) groups is 1. The first-order valence-electron chi connectivity index (χ1n) is 6.84. The van der Waals surface area contributed by atoms with E-state index < -0.39 is 0 Å². The number of anilines is 3. The molecule has 7 nitrogen and oxygen atoms in total. The first kappa shape index (κ1) is 18.9. The van der Waals surface area contributed by atoms with Crippen molar-refractivity contribution in [2.75, 3.05) is 29.0 Å². The lowest BCUT2D eigenvalue weighted by molar-refractivity contribution is 0.102. The second-order valence-electron chi connectivity index (χ2n) is 4.90. The summed E-state index contributed by atoms with van der Waals surface area (Å²) in [5.74, 6) is 0.906. The number of aromatic nitrogens is 3. The number of hydrogen-bond acceptors (Lipinski definition) is 6. The van der Waals surface area contributed by atoms with Crippen LogP contribution in [0.3, 0.4) is 0 Å². The number of nitrogens with one attached hydrogen (secondary N) is 1. The van der Waals surface area contributed by atoms with Crippen molar-refractivity contribution in [1.29, 1.82) is 0 Å². The number of pyridine rings is 1. The molecule has 0 saturated carbocycles. The van der Waals surface area contributed by atoms with E-state index in [-0.39, 0.29) is 36.4 Å². The Morgan fingerprint density at radius 1 is 1.09 bits per heavy atom. The van der Waals surface area contributed by atoms with E-state index >= 15 is 0 Å². The van der Waals surface area contributed by atoms with E-state index in [1.807, 2.05) is 6.07 Å². The minimum absolute atomic E-state index is 0. The molecule has 1 amide bonds. The van der Waals surface area contributed by atoms with Crippen LogP contribution >= 0.6 is 24.8 Å². The molecular weight excluding hydrogens is 339 g/mol. The molecule has 3 heterocycles. The number of carbonyl (C=O) groups excluding carboxylic acids is 1. The standard InChI is InChI=1S/C14H16N6O.2ClH/c15-12-5-3-10(9-16-12)17-14(21)11-4-6-13(19-18-11)20-7-1-2-8-20;;/h3-6,9H,1-2,7-8H2,(H2,15,16)(H,17,21);2*1H. The van der Waals surface area contributed by atoms with Crippen LogP contribution in [-0.2, 0) is 0 Å².